The fourth-order valence-corrected chi connectivity index (χ4v) is 6.06. The van der Waals surface area contributed by atoms with Crippen molar-refractivity contribution < 1.29 is 0 Å². The number of hydrogen-bond acceptors (Lipinski definition) is 2. The van der Waals surface area contributed by atoms with Crippen LogP contribution >= 0.6 is 12.2 Å². The van der Waals surface area contributed by atoms with Gasteiger partial charge in [0.05, 0.1) is 6.04 Å². The van der Waals surface area contributed by atoms with Gasteiger partial charge in [0.15, 0.2) is 5.11 Å². The van der Waals surface area contributed by atoms with Crippen LogP contribution in [0.2, 0.25) is 0 Å². The minimum absolute atomic E-state index is 0.599. The topological polar surface area (TPSA) is 18.5 Å². The van der Waals surface area contributed by atoms with Gasteiger partial charge in [-0.1, -0.05) is 18.1 Å². The molecule has 0 spiro atoms. The van der Waals surface area contributed by atoms with Gasteiger partial charge in [-0.05, 0) is 75.5 Å². The molecule has 23 heavy (non-hydrogen) atoms. The van der Waals surface area contributed by atoms with Crippen LogP contribution in [-0.2, 0) is 0 Å². The highest BCUT2D eigenvalue weighted by atomic mass is 32.1. The van der Waals surface area contributed by atoms with Crippen LogP contribution < -0.4 is 5.32 Å². The summed E-state index contributed by atoms with van der Waals surface area (Å²) in [6, 6.07) is 2.12. The lowest BCUT2D eigenvalue weighted by atomic mass is 9.68. The number of rotatable bonds is 1. The third kappa shape index (κ3) is 2.62. The fraction of sp³-hybridized carbons (Fsp3) is 0.842. The summed E-state index contributed by atoms with van der Waals surface area (Å²) in [5.74, 6) is 1.62. The van der Waals surface area contributed by atoms with Gasteiger partial charge in [0.2, 0.25) is 0 Å². The van der Waals surface area contributed by atoms with Crippen LogP contribution in [0.3, 0.4) is 0 Å². The molecule has 5 rings (SSSR count). The summed E-state index contributed by atoms with van der Waals surface area (Å²) in [5, 5.41) is 4.65. The van der Waals surface area contributed by atoms with Crippen molar-refractivity contribution in [3.05, 3.63) is 11.6 Å². The van der Waals surface area contributed by atoms with Crippen molar-refractivity contribution in [3.63, 3.8) is 0 Å². The van der Waals surface area contributed by atoms with Gasteiger partial charge < -0.3 is 10.2 Å². The van der Waals surface area contributed by atoms with Gasteiger partial charge >= 0.3 is 0 Å². The summed E-state index contributed by atoms with van der Waals surface area (Å²) >= 11 is 5.80. The maximum atomic E-state index is 5.80. The predicted molar refractivity (Wildman–Crippen MR) is 97.4 cm³/mol. The normalized spacial score (nSPS) is 40.0. The smallest absolute Gasteiger partial charge is 0.169 e. The molecule has 0 unspecified atom stereocenters. The molecule has 3 nitrogen and oxygen atoms in total. The number of likely N-dealkylation sites (tertiary alicyclic amines) is 1. The van der Waals surface area contributed by atoms with Crippen LogP contribution in [0, 0.1) is 11.8 Å². The van der Waals surface area contributed by atoms with E-state index in [0.29, 0.717) is 12.1 Å². The Morgan fingerprint density at radius 1 is 1.13 bits per heavy atom. The van der Waals surface area contributed by atoms with Crippen LogP contribution in [-0.4, -0.2) is 52.7 Å². The van der Waals surface area contributed by atoms with Crippen molar-refractivity contribution in [1.29, 1.82) is 0 Å². The van der Waals surface area contributed by atoms with E-state index in [0.717, 1.165) is 29.5 Å². The standard InChI is InChI=1S/C19H29N3S/c23-19(20-16-6-7-16)22-9-3-4-13-10-14-11-15(18(13)22)12-21-8-2-1-5-17(14)21/h10,14-18H,1-9,11-12H2,(H,20,23)/t14-,15+,17-,18-/m0/s1. The molecule has 0 aromatic heterocycles. The molecule has 1 saturated carbocycles. The van der Waals surface area contributed by atoms with Gasteiger partial charge in [-0.25, -0.2) is 0 Å². The summed E-state index contributed by atoms with van der Waals surface area (Å²) < 4.78 is 0. The maximum Gasteiger partial charge on any atom is 0.169 e. The second-order valence-electron chi connectivity index (χ2n) is 8.42. The molecular formula is C19H29N3S. The Bertz CT molecular complexity index is 527. The molecule has 3 saturated heterocycles. The highest BCUT2D eigenvalue weighted by molar-refractivity contribution is 7.80. The van der Waals surface area contributed by atoms with Gasteiger partial charge in [-0.3, -0.25) is 4.90 Å². The Morgan fingerprint density at radius 2 is 2.04 bits per heavy atom. The maximum absolute atomic E-state index is 5.80. The third-order valence-corrected chi connectivity index (χ3v) is 7.18. The molecule has 2 bridgehead atoms. The Labute approximate surface area is 145 Å². The Kier molecular flexibility index (Phi) is 3.67. The molecule has 0 amide bonds. The summed E-state index contributed by atoms with van der Waals surface area (Å²) in [4.78, 5) is 5.38. The lowest BCUT2D eigenvalue weighted by molar-refractivity contribution is 0.0127. The molecule has 5 aliphatic rings. The average Bonchev–Trinajstić information content (AvgIpc) is 3.38. The van der Waals surface area contributed by atoms with Crippen molar-refractivity contribution in [2.24, 2.45) is 11.8 Å². The molecule has 2 aliphatic carbocycles. The molecule has 4 atom stereocenters. The average molecular weight is 332 g/mol. The molecule has 3 heterocycles. The van der Waals surface area contributed by atoms with Gasteiger partial charge in [-0.2, -0.15) is 0 Å². The van der Waals surface area contributed by atoms with E-state index in [1.165, 1.54) is 64.5 Å². The Hall–Kier alpha value is -0.610. The molecule has 0 aromatic carbocycles. The number of thiocarbonyl (C=S) groups is 1. The SMILES string of the molecule is S=C(NC1CC1)N1CCCC2=C[C@H]3C[C@H](CN4CCCC[C@@H]34)[C@H]21. The van der Waals surface area contributed by atoms with E-state index in [1.54, 1.807) is 5.57 Å². The number of nitrogens with zero attached hydrogens (tertiary/aromatic N) is 2. The minimum Gasteiger partial charge on any atom is -0.360 e. The molecule has 4 heteroatoms. The first-order chi connectivity index (χ1) is 11.3. The van der Waals surface area contributed by atoms with Gasteiger partial charge in [0.1, 0.15) is 0 Å². The van der Waals surface area contributed by atoms with Crippen molar-refractivity contribution in [2.45, 2.75) is 69.5 Å². The molecule has 126 valence electrons. The molecule has 4 fully saturated rings. The van der Waals surface area contributed by atoms with Crippen molar-refractivity contribution in [2.75, 3.05) is 19.6 Å². The van der Waals surface area contributed by atoms with Crippen LogP contribution in [0.4, 0.5) is 0 Å². The van der Waals surface area contributed by atoms with Gasteiger partial charge in [0, 0.05) is 25.2 Å². The van der Waals surface area contributed by atoms with Crippen molar-refractivity contribution in [3.8, 4) is 0 Å². The van der Waals surface area contributed by atoms with E-state index in [1.807, 2.05) is 0 Å². The minimum atomic E-state index is 0.599. The second-order valence-corrected chi connectivity index (χ2v) is 8.81. The van der Waals surface area contributed by atoms with Gasteiger partial charge in [0.25, 0.3) is 0 Å². The van der Waals surface area contributed by atoms with E-state index >= 15 is 0 Å². The third-order valence-electron chi connectivity index (χ3n) is 6.82. The van der Waals surface area contributed by atoms with E-state index < -0.39 is 0 Å². The lowest BCUT2D eigenvalue weighted by Crippen LogP contribution is -2.61. The van der Waals surface area contributed by atoms with E-state index in [2.05, 4.69) is 21.2 Å². The molecule has 0 radical (unpaired) electrons. The van der Waals surface area contributed by atoms with Crippen LogP contribution in [0.15, 0.2) is 11.6 Å². The number of fused-ring (bicyclic) bond motifs is 6. The fourth-order valence-electron chi connectivity index (χ4n) is 5.69. The van der Waals surface area contributed by atoms with Crippen molar-refractivity contribution >= 4 is 17.3 Å². The van der Waals surface area contributed by atoms with Gasteiger partial charge in [-0.15, -0.1) is 0 Å². The molecule has 3 aliphatic heterocycles. The highest BCUT2D eigenvalue weighted by Crippen LogP contribution is 2.45. The zero-order valence-electron chi connectivity index (χ0n) is 14.0. The predicted octanol–water partition coefficient (Wildman–Crippen LogP) is 2.92. The Balaban J connectivity index is 1.41. The first-order valence-corrected chi connectivity index (χ1v) is 10.2. The summed E-state index contributed by atoms with van der Waals surface area (Å²) in [5.41, 5.74) is 1.72. The van der Waals surface area contributed by atoms with E-state index in [4.69, 9.17) is 12.2 Å². The van der Waals surface area contributed by atoms with Crippen LogP contribution in [0.25, 0.3) is 0 Å². The quantitative estimate of drug-likeness (QED) is 0.588. The number of hydrogen-bond donors (Lipinski definition) is 1. The zero-order valence-corrected chi connectivity index (χ0v) is 14.9. The highest BCUT2D eigenvalue weighted by Gasteiger charge is 2.46. The first kappa shape index (κ1) is 14.7. The number of nitrogens with one attached hydrogen (secondary N) is 1. The van der Waals surface area contributed by atoms with E-state index in [-0.39, 0.29) is 0 Å². The molecular weight excluding hydrogens is 302 g/mol. The van der Waals surface area contributed by atoms with Crippen LogP contribution in [0.5, 0.6) is 0 Å². The summed E-state index contributed by atoms with van der Waals surface area (Å²) in [6.45, 7) is 3.80. The number of piperidine rings is 3. The molecule has 1 N–H and O–H groups in total. The van der Waals surface area contributed by atoms with Crippen molar-refractivity contribution in [1.82, 2.24) is 15.1 Å². The lowest BCUT2D eigenvalue weighted by Gasteiger charge is -2.55. The second kappa shape index (κ2) is 5.73. The monoisotopic (exact) mass is 331 g/mol. The molecule has 0 aromatic rings. The summed E-state index contributed by atoms with van der Waals surface area (Å²) in [6.07, 6.45) is 13.6. The summed E-state index contributed by atoms with van der Waals surface area (Å²) in [7, 11) is 0. The Morgan fingerprint density at radius 3 is 2.91 bits per heavy atom. The van der Waals surface area contributed by atoms with Crippen LogP contribution in [0.1, 0.15) is 51.4 Å². The zero-order chi connectivity index (χ0) is 15.4. The first-order valence-electron chi connectivity index (χ1n) is 9.81. The largest absolute Gasteiger partial charge is 0.360 e. The van der Waals surface area contributed by atoms with E-state index in [9.17, 15) is 0 Å².